The molecule has 4 heterocycles. The van der Waals surface area contributed by atoms with E-state index in [1.54, 1.807) is 16.9 Å². The summed E-state index contributed by atoms with van der Waals surface area (Å²) in [5.41, 5.74) is 2.53. The van der Waals surface area contributed by atoms with Crippen LogP contribution in [0.25, 0.3) is 5.69 Å². The van der Waals surface area contributed by atoms with Gasteiger partial charge in [-0.3, -0.25) is 4.90 Å². The van der Waals surface area contributed by atoms with Crippen LogP contribution in [0.1, 0.15) is 43.5 Å². The number of hydrogen-bond acceptors (Lipinski definition) is 9. The third-order valence-electron chi connectivity index (χ3n) is 7.03. The first-order valence-corrected chi connectivity index (χ1v) is 14.6. The summed E-state index contributed by atoms with van der Waals surface area (Å²) in [5, 5.41) is 15.1. The van der Waals surface area contributed by atoms with E-state index in [-0.39, 0.29) is 11.6 Å². The molecule has 0 aromatic carbocycles. The zero-order valence-electron chi connectivity index (χ0n) is 21.7. The Bertz CT molecular complexity index is 1150. The van der Waals surface area contributed by atoms with Gasteiger partial charge in [0.05, 0.1) is 49.3 Å². The minimum atomic E-state index is -3.27. The average molecular weight is 523 g/mol. The minimum absolute atomic E-state index is 0.170. The molecule has 0 bridgehead atoms. The standard InChI is InChI=1S/C25H38N4O6S/c1-25(2,30)19-5-9-28(10-6-19)11-14-35-24-21-7-12-34-13-8-22(21)29(27-24)20-15-18(17-36(4,31)32)23(33-3)26-16-20/h15-16,19,30H,5-14,17H2,1-4H3. The van der Waals surface area contributed by atoms with E-state index in [2.05, 4.69) is 9.88 Å². The number of aromatic nitrogens is 3. The topological polar surface area (TPSA) is 116 Å². The number of hydrogen-bond donors (Lipinski definition) is 1. The molecule has 2 aliphatic heterocycles. The van der Waals surface area contributed by atoms with E-state index in [0.29, 0.717) is 55.7 Å². The highest BCUT2D eigenvalue weighted by Gasteiger charge is 2.30. The number of nitrogens with zero attached hydrogens (tertiary/aromatic N) is 4. The molecule has 2 aromatic rings. The Hall–Kier alpha value is -2.21. The normalized spacial score (nSPS) is 18.0. The SMILES string of the molecule is COc1ncc(-n2nc(OCCN3CCC(C(C)(C)O)CC3)c3c2CCOCC3)cc1CS(C)(=O)=O. The lowest BCUT2D eigenvalue weighted by Crippen LogP contribution is -2.43. The molecule has 10 nitrogen and oxygen atoms in total. The summed E-state index contributed by atoms with van der Waals surface area (Å²) in [5.74, 6) is 1.03. The van der Waals surface area contributed by atoms with Gasteiger partial charge in [-0.25, -0.2) is 18.1 Å². The van der Waals surface area contributed by atoms with E-state index in [1.165, 1.54) is 13.4 Å². The van der Waals surface area contributed by atoms with Crippen LogP contribution in [0.3, 0.4) is 0 Å². The highest BCUT2D eigenvalue weighted by molar-refractivity contribution is 7.89. The van der Waals surface area contributed by atoms with Crippen molar-refractivity contribution in [2.45, 2.75) is 50.9 Å². The predicted molar refractivity (Wildman–Crippen MR) is 136 cm³/mol. The lowest BCUT2D eigenvalue weighted by molar-refractivity contribution is -0.0138. The van der Waals surface area contributed by atoms with E-state index >= 15 is 0 Å². The summed E-state index contributed by atoms with van der Waals surface area (Å²) in [4.78, 5) is 6.71. The molecule has 0 radical (unpaired) electrons. The Kier molecular flexibility index (Phi) is 8.23. The third kappa shape index (κ3) is 6.56. The molecule has 11 heteroatoms. The Balaban J connectivity index is 1.51. The maximum Gasteiger partial charge on any atom is 0.236 e. The molecule has 1 fully saturated rings. The summed E-state index contributed by atoms with van der Waals surface area (Å²) >= 11 is 0. The van der Waals surface area contributed by atoms with Crippen molar-refractivity contribution in [1.29, 1.82) is 0 Å². The third-order valence-corrected chi connectivity index (χ3v) is 7.87. The van der Waals surface area contributed by atoms with Crippen molar-refractivity contribution in [1.82, 2.24) is 19.7 Å². The maximum atomic E-state index is 12.0. The zero-order valence-corrected chi connectivity index (χ0v) is 22.5. The van der Waals surface area contributed by atoms with Gasteiger partial charge < -0.3 is 19.3 Å². The van der Waals surface area contributed by atoms with E-state index in [0.717, 1.165) is 43.7 Å². The van der Waals surface area contributed by atoms with Crippen molar-refractivity contribution in [3.63, 3.8) is 0 Å². The summed E-state index contributed by atoms with van der Waals surface area (Å²) in [7, 11) is -1.80. The van der Waals surface area contributed by atoms with Gasteiger partial charge in [0.25, 0.3) is 0 Å². The summed E-state index contributed by atoms with van der Waals surface area (Å²) in [6.07, 6.45) is 6.15. The van der Waals surface area contributed by atoms with E-state index in [1.807, 2.05) is 13.8 Å². The second-order valence-corrected chi connectivity index (χ2v) is 12.4. The molecule has 36 heavy (non-hydrogen) atoms. The molecule has 0 saturated carbocycles. The summed E-state index contributed by atoms with van der Waals surface area (Å²) in [6, 6.07) is 1.77. The highest BCUT2D eigenvalue weighted by atomic mass is 32.2. The fraction of sp³-hybridized carbons (Fsp3) is 0.680. The average Bonchev–Trinajstić information content (AvgIpc) is 2.98. The van der Waals surface area contributed by atoms with E-state index in [9.17, 15) is 13.5 Å². The molecule has 200 valence electrons. The van der Waals surface area contributed by atoms with Gasteiger partial charge in [-0.2, -0.15) is 0 Å². The molecule has 0 atom stereocenters. The molecule has 1 N–H and O–H groups in total. The van der Waals surface area contributed by atoms with Crippen LogP contribution in [0.5, 0.6) is 11.8 Å². The van der Waals surface area contributed by atoms with Crippen molar-refractivity contribution in [2.75, 3.05) is 52.8 Å². The van der Waals surface area contributed by atoms with Crippen LogP contribution in [0.2, 0.25) is 0 Å². The van der Waals surface area contributed by atoms with Crippen LogP contribution >= 0.6 is 0 Å². The fourth-order valence-electron chi connectivity index (χ4n) is 5.05. The first-order valence-electron chi connectivity index (χ1n) is 12.5. The van der Waals surface area contributed by atoms with Gasteiger partial charge in [0.2, 0.25) is 11.8 Å². The number of rotatable bonds is 9. The van der Waals surface area contributed by atoms with Crippen molar-refractivity contribution >= 4 is 9.84 Å². The van der Waals surface area contributed by atoms with Gasteiger partial charge >= 0.3 is 0 Å². The number of sulfone groups is 1. The lowest BCUT2D eigenvalue weighted by atomic mass is 9.83. The maximum absolute atomic E-state index is 12.0. The smallest absolute Gasteiger partial charge is 0.236 e. The van der Waals surface area contributed by atoms with Crippen molar-refractivity contribution in [3.05, 3.63) is 29.1 Å². The van der Waals surface area contributed by atoms with Crippen molar-refractivity contribution in [3.8, 4) is 17.4 Å². The van der Waals surface area contributed by atoms with Gasteiger partial charge in [-0.05, 0) is 51.8 Å². The van der Waals surface area contributed by atoms with Crippen LogP contribution in [0.4, 0.5) is 0 Å². The van der Waals surface area contributed by atoms with Crippen LogP contribution in [0.15, 0.2) is 12.3 Å². The molecule has 0 spiro atoms. The first-order chi connectivity index (χ1) is 17.0. The number of piperidine rings is 1. The number of pyridine rings is 1. The van der Waals surface area contributed by atoms with Crippen LogP contribution in [0, 0.1) is 5.92 Å². The van der Waals surface area contributed by atoms with Crippen LogP contribution in [-0.4, -0.2) is 91.6 Å². The molecular weight excluding hydrogens is 484 g/mol. The molecule has 4 rings (SSSR count). The molecule has 0 aliphatic carbocycles. The molecular formula is C25H38N4O6S. The van der Waals surface area contributed by atoms with Crippen molar-refractivity contribution < 1.29 is 27.7 Å². The number of likely N-dealkylation sites (tertiary alicyclic amines) is 1. The second-order valence-electron chi connectivity index (χ2n) is 10.3. The quantitative estimate of drug-likeness (QED) is 0.526. The predicted octanol–water partition coefficient (Wildman–Crippen LogP) is 1.80. The Morgan fingerprint density at radius 3 is 2.58 bits per heavy atom. The molecule has 1 saturated heterocycles. The molecule has 0 unspecified atom stereocenters. The molecule has 2 aliphatic rings. The minimum Gasteiger partial charge on any atom is -0.481 e. The van der Waals surface area contributed by atoms with E-state index < -0.39 is 15.4 Å². The van der Waals surface area contributed by atoms with Gasteiger partial charge in [-0.1, -0.05) is 0 Å². The van der Waals surface area contributed by atoms with Crippen molar-refractivity contribution in [2.24, 2.45) is 5.92 Å². The Morgan fingerprint density at radius 1 is 1.19 bits per heavy atom. The molecule has 0 amide bonds. The molecule has 2 aromatic heterocycles. The first kappa shape index (κ1) is 26.8. The Labute approximate surface area is 213 Å². The lowest BCUT2D eigenvalue weighted by Gasteiger charge is -2.37. The number of methoxy groups -OCH3 is 1. The monoisotopic (exact) mass is 522 g/mol. The van der Waals surface area contributed by atoms with Crippen LogP contribution in [-0.2, 0) is 33.2 Å². The number of ether oxygens (including phenoxy) is 3. The second kappa shape index (κ2) is 11.0. The van der Waals surface area contributed by atoms with Gasteiger partial charge in [0.15, 0.2) is 9.84 Å². The van der Waals surface area contributed by atoms with Crippen LogP contribution < -0.4 is 9.47 Å². The summed E-state index contributed by atoms with van der Waals surface area (Å²) in [6.45, 7) is 8.15. The fourth-order valence-corrected chi connectivity index (χ4v) is 5.82. The van der Waals surface area contributed by atoms with Gasteiger partial charge in [0, 0.05) is 36.8 Å². The Morgan fingerprint density at radius 2 is 1.92 bits per heavy atom. The van der Waals surface area contributed by atoms with Gasteiger partial charge in [0.1, 0.15) is 6.61 Å². The zero-order chi connectivity index (χ0) is 25.9. The van der Waals surface area contributed by atoms with E-state index in [4.69, 9.17) is 19.3 Å². The highest BCUT2D eigenvalue weighted by Crippen LogP contribution is 2.30. The van der Waals surface area contributed by atoms with Gasteiger partial charge in [-0.15, -0.1) is 5.10 Å². The number of fused-ring (bicyclic) bond motifs is 1. The summed E-state index contributed by atoms with van der Waals surface area (Å²) < 4.78 is 42.9. The number of aliphatic hydroxyl groups is 1. The largest absolute Gasteiger partial charge is 0.481 e.